The summed E-state index contributed by atoms with van der Waals surface area (Å²) in [5, 5.41) is 14.3. The first-order valence-corrected chi connectivity index (χ1v) is 10.9. The van der Waals surface area contributed by atoms with Gasteiger partial charge in [-0.3, -0.25) is 24.3 Å². The number of nitrogens with zero attached hydrogens (tertiary/aromatic N) is 4. The Hall–Kier alpha value is -3.11. The molecule has 31 heavy (non-hydrogen) atoms. The summed E-state index contributed by atoms with van der Waals surface area (Å²) in [6, 6.07) is 5.72. The molecule has 9 nitrogen and oxygen atoms in total. The molecular weight excluding hydrogens is 418 g/mol. The second-order valence-corrected chi connectivity index (χ2v) is 8.99. The van der Waals surface area contributed by atoms with Crippen LogP contribution < -0.4 is 10.9 Å². The molecule has 0 saturated heterocycles. The van der Waals surface area contributed by atoms with Gasteiger partial charge in [-0.15, -0.1) is 11.3 Å². The quantitative estimate of drug-likeness (QED) is 0.465. The Balaban J connectivity index is 1.70. The first-order chi connectivity index (χ1) is 14.8. The van der Waals surface area contributed by atoms with Crippen LogP contribution >= 0.6 is 11.3 Å². The van der Waals surface area contributed by atoms with Gasteiger partial charge in [0.05, 0.1) is 16.9 Å². The number of aromatic nitrogens is 2. The van der Waals surface area contributed by atoms with E-state index in [9.17, 15) is 19.7 Å². The Bertz CT molecular complexity index is 1230. The van der Waals surface area contributed by atoms with E-state index in [0.29, 0.717) is 23.4 Å². The number of amides is 1. The van der Waals surface area contributed by atoms with Crippen LogP contribution in [0.5, 0.6) is 0 Å². The predicted octanol–water partition coefficient (Wildman–Crippen LogP) is 2.95. The number of nitrogens with one attached hydrogen (secondary N) is 1. The van der Waals surface area contributed by atoms with Crippen molar-refractivity contribution in [3.63, 3.8) is 0 Å². The van der Waals surface area contributed by atoms with Crippen LogP contribution in [-0.2, 0) is 30.7 Å². The molecule has 0 atom stereocenters. The summed E-state index contributed by atoms with van der Waals surface area (Å²) in [6.45, 7) is 0.204. The van der Waals surface area contributed by atoms with Crippen molar-refractivity contribution in [1.82, 2.24) is 14.5 Å². The largest absolute Gasteiger partial charge is 0.324 e. The molecule has 2 aromatic heterocycles. The van der Waals surface area contributed by atoms with Crippen molar-refractivity contribution in [1.29, 1.82) is 0 Å². The third-order valence-corrected chi connectivity index (χ3v) is 6.44. The fourth-order valence-electron chi connectivity index (χ4n) is 3.89. The van der Waals surface area contributed by atoms with E-state index in [2.05, 4.69) is 5.32 Å². The number of benzene rings is 1. The van der Waals surface area contributed by atoms with Crippen LogP contribution in [0.3, 0.4) is 0 Å². The van der Waals surface area contributed by atoms with Gasteiger partial charge in [0.2, 0.25) is 5.91 Å². The number of hydrogen-bond acceptors (Lipinski definition) is 7. The number of aryl methyl sites for hydroxylation is 2. The molecule has 1 aromatic carbocycles. The lowest BCUT2D eigenvalue weighted by Crippen LogP contribution is -2.33. The number of carbonyl (C=O) groups excluding carboxylic acids is 1. The molecule has 10 heteroatoms. The van der Waals surface area contributed by atoms with Gasteiger partial charge in [0.25, 0.3) is 11.2 Å². The van der Waals surface area contributed by atoms with E-state index in [1.165, 1.54) is 27.6 Å². The van der Waals surface area contributed by atoms with Crippen LogP contribution in [0.1, 0.15) is 29.1 Å². The van der Waals surface area contributed by atoms with Crippen LogP contribution in [0.15, 0.2) is 29.1 Å². The highest BCUT2D eigenvalue weighted by atomic mass is 32.1. The van der Waals surface area contributed by atoms with E-state index in [4.69, 9.17) is 4.98 Å². The lowest BCUT2D eigenvalue weighted by molar-refractivity contribution is -0.384. The van der Waals surface area contributed by atoms with Crippen molar-refractivity contribution < 1.29 is 9.72 Å². The highest BCUT2D eigenvalue weighted by Crippen LogP contribution is 2.33. The molecule has 3 aromatic rings. The zero-order chi connectivity index (χ0) is 22.1. The van der Waals surface area contributed by atoms with Crippen molar-refractivity contribution in [2.24, 2.45) is 0 Å². The van der Waals surface area contributed by atoms with Crippen LogP contribution in [0.4, 0.5) is 11.4 Å². The molecule has 0 bridgehead atoms. The molecule has 0 aliphatic heterocycles. The first-order valence-electron chi connectivity index (χ1n) is 10.1. The van der Waals surface area contributed by atoms with Crippen molar-refractivity contribution in [3.8, 4) is 0 Å². The van der Waals surface area contributed by atoms with Gasteiger partial charge in [-0.1, -0.05) is 6.07 Å². The van der Waals surface area contributed by atoms with E-state index in [0.717, 1.165) is 36.1 Å². The molecule has 1 N–H and O–H groups in total. The van der Waals surface area contributed by atoms with Crippen molar-refractivity contribution in [2.45, 2.75) is 38.8 Å². The third-order valence-electron chi connectivity index (χ3n) is 5.25. The van der Waals surface area contributed by atoms with Crippen LogP contribution in [0.25, 0.3) is 10.2 Å². The zero-order valence-corrected chi connectivity index (χ0v) is 18.2. The van der Waals surface area contributed by atoms with Crippen LogP contribution in [0, 0.1) is 10.1 Å². The monoisotopic (exact) mass is 441 g/mol. The Morgan fingerprint density at radius 2 is 2.10 bits per heavy atom. The molecule has 0 unspecified atom stereocenters. The van der Waals surface area contributed by atoms with E-state index < -0.39 is 10.8 Å². The average Bonchev–Trinajstić information content (AvgIpc) is 3.09. The van der Waals surface area contributed by atoms with Gasteiger partial charge in [0.15, 0.2) is 0 Å². The van der Waals surface area contributed by atoms with Gasteiger partial charge in [-0.05, 0) is 51.4 Å². The molecule has 4 rings (SSSR count). The van der Waals surface area contributed by atoms with Gasteiger partial charge >= 0.3 is 0 Å². The molecular formula is C21H23N5O4S. The van der Waals surface area contributed by atoms with Crippen molar-refractivity contribution in [3.05, 3.63) is 61.0 Å². The second-order valence-electron chi connectivity index (χ2n) is 7.90. The molecule has 162 valence electrons. The van der Waals surface area contributed by atoms with Crippen LogP contribution in [-0.4, -0.2) is 39.4 Å². The van der Waals surface area contributed by atoms with Gasteiger partial charge in [-0.25, -0.2) is 4.98 Å². The minimum Gasteiger partial charge on any atom is -0.324 e. The summed E-state index contributed by atoms with van der Waals surface area (Å²) >= 11 is 1.58. The Morgan fingerprint density at radius 3 is 2.84 bits per heavy atom. The minimum atomic E-state index is -0.521. The first kappa shape index (κ1) is 21.1. The fraction of sp³-hybridized carbons (Fsp3) is 0.381. The maximum atomic E-state index is 13.4. The van der Waals surface area contributed by atoms with E-state index in [1.807, 2.05) is 19.0 Å². The number of anilines is 1. The maximum Gasteiger partial charge on any atom is 0.271 e. The molecule has 0 saturated carbocycles. The number of carbonyl (C=O) groups is 1. The smallest absolute Gasteiger partial charge is 0.271 e. The molecule has 1 aliphatic rings. The lowest BCUT2D eigenvalue weighted by Gasteiger charge is -2.16. The number of non-ortho nitro benzene ring substituents is 1. The van der Waals surface area contributed by atoms with Gasteiger partial charge in [0.1, 0.15) is 17.2 Å². The maximum absolute atomic E-state index is 13.4. The molecule has 2 heterocycles. The third kappa shape index (κ3) is 4.35. The molecule has 0 radical (unpaired) electrons. The molecule has 1 amide bonds. The normalized spacial score (nSPS) is 13.4. The highest BCUT2D eigenvalue weighted by Gasteiger charge is 2.23. The summed E-state index contributed by atoms with van der Waals surface area (Å²) in [5.41, 5.74) is 1.07. The number of fused-ring (bicyclic) bond motifs is 3. The zero-order valence-electron chi connectivity index (χ0n) is 17.4. The van der Waals surface area contributed by atoms with Gasteiger partial charge < -0.3 is 10.2 Å². The van der Waals surface area contributed by atoms with E-state index in [-0.39, 0.29) is 17.8 Å². The molecule has 0 fully saturated rings. The predicted molar refractivity (Wildman–Crippen MR) is 120 cm³/mol. The van der Waals surface area contributed by atoms with Gasteiger partial charge in [-0.2, -0.15) is 0 Å². The van der Waals surface area contributed by atoms with Crippen LogP contribution in [0.2, 0.25) is 0 Å². The highest BCUT2D eigenvalue weighted by molar-refractivity contribution is 7.18. The van der Waals surface area contributed by atoms with Crippen molar-refractivity contribution in [2.75, 3.05) is 19.4 Å². The van der Waals surface area contributed by atoms with E-state index >= 15 is 0 Å². The molecule has 0 spiro atoms. The Kier molecular flexibility index (Phi) is 5.84. The Labute approximate surface area is 182 Å². The lowest BCUT2D eigenvalue weighted by atomic mass is 9.97. The number of hydrogen-bond donors (Lipinski definition) is 1. The second kappa shape index (κ2) is 8.56. The summed E-state index contributed by atoms with van der Waals surface area (Å²) in [6.07, 6.45) is 3.99. The number of rotatable bonds is 6. The topological polar surface area (TPSA) is 110 Å². The summed E-state index contributed by atoms with van der Waals surface area (Å²) in [4.78, 5) is 45.2. The van der Waals surface area contributed by atoms with Crippen molar-refractivity contribution >= 4 is 38.8 Å². The van der Waals surface area contributed by atoms with Gasteiger partial charge in [0, 0.05) is 22.7 Å². The summed E-state index contributed by atoms with van der Waals surface area (Å²) < 4.78 is 1.43. The standard InChI is InChI=1S/C21H23N5O4S/c1-24(2)11-17-23-20-19(15-8-3-4-9-16(15)31-20)21(28)25(17)12-18(27)22-13-6-5-7-14(10-13)26(29)30/h5-7,10H,3-4,8-9,11-12H2,1-2H3,(H,22,27). The Morgan fingerprint density at radius 1 is 1.32 bits per heavy atom. The fourth-order valence-corrected chi connectivity index (χ4v) is 5.16. The minimum absolute atomic E-state index is 0.115. The number of thiophene rings is 1. The SMILES string of the molecule is CN(C)Cc1nc2sc3c(c2c(=O)n1CC(=O)Nc1cccc([N+](=O)[O-])c1)CCCC3. The summed E-state index contributed by atoms with van der Waals surface area (Å²) in [5.74, 6) is 0.0862. The number of nitro groups is 1. The summed E-state index contributed by atoms with van der Waals surface area (Å²) in [7, 11) is 3.76. The average molecular weight is 442 g/mol. The number of nitro benzene ring substituents is 1. The molecule has 1 aliphatic carbocycles. The van der Waals surface area contributed by atoms with E-state index in [1.54, 1.807) is 17.4 Å².